The summed E-state index contributed by atoms with van der Waals surface area (Å²) in [6.07, 6.45) is -4.06. The van der Waals surface area contributed by atoms with Crippen molar-refractivity contribution >= 4 is 17.5 Å². The van der Waals surface area contributed by atoms with E-state index in [0.29, 0.717) is 28.6 Å². The third kappa shape index (κ3) is 5.79. The summed E-state index contributed by atoms with van der Waals surface area (Å²) in [5.41, 5.74) is -0.517. The summed E-state index contributed by atoms with van der Waals surface area (Å²) in [6, 6.07) is 11.1. The molecule has 1 N–H and O–H groups in total. The van der Waals surface area contributed by atoms with Gasteiger partial charge in [0.1, 0.15) is 18.1 Å². The number of halogens is 4. The molecular formula is C20H19ClF3N3O3. The van der Waals surface area contributed by atoms with Crippen LogP contribution in [0.4, 0.5) is 13.2 Å². The van der Waals surface area contributed by atoms with Crippen molar-refractivity contribution in [1.82, 2.24) is 15.1 Å². The minimum atomic E-state index is -4.47. The summed E-state index contributed by atoms with van der Waals surface area (Å²) in [6.45, 7) is 2.19. The molecule has 0 saturated heterocycles. The molecule has 10 heteroatoms. The van der Waals surface area contributed by atoms with Gasteiger partial charge in [-0.2, -0.15) is 18.3 Å². The van der Waals surface area contributed by atoms with Gasteiger partial charge in [0.05, 0.1) is 0 Å². The molecule has 0 aliphatic heterocycles. The molecular weight excluding hydrogens is 423 g/mol. The van der Waals surface area contributed by atoms with Crippen molar-refractivity contribution in [2.75, 3.05) is 6.54 Å². The average molecular weight is 442 g/mol. The number of nitrogens with zero attached hydrogens (tertiary/aromatic N) is 2. The van der Waals surface area contributed by atoms with Crippen LogP contribution in [0.3, 0.4) is 0 Å². The number of carbonyl (C=O) groups excluding carboxylic acids is 1. The number of amides is 1. The van der Waals surface area contributed by atoms with Crippen molar-refractivity contribution in [3.63, 3.8) is 0 Å². The predicted molar refractivity (Wildman–Crippen MR) is 103 cm³/mol. The molecule has 0 aliphatic rings. The number of rotatable bonds is 8. The van der Waals surface area contributed by atoms with Gasteiger partial charge in [0, 0.05) is 23.8 Å². The summed E-state index contributed by atoms with van der Waals surface area (Å²) in [4.78, 5) is 12.2. The van der Waals surface area contributed by atoms with Crippen LogP contribution in [-0.2, 0) is 19.3 Å². The standard InChI is InChI=1S/C20H19ClF3N3O3/c1-13-10-18(20(22,23)24)26-27(13)9-3-8-25-19(28)17-7-6-16(30-17)12-29-15-5-2-4-14(21)11-15/h2,4-7,10-11H,3,8-9,12H2,1H3,(H,25,28). The van der Waals surface area contributed by atoms with Crippen LogP contribution >= 0.6 is 11.6 Å². The molecule has 0 radical (unpaired) electrons. The maximum Gasteiger partial charge on any atom is 0.435 e. The largest absolute Gasteiger partial charge is 0.486 e. The first-order valence-electron chi connectivity index (χ1n) is 9.09. The quantitative estimate of drug-likeness (QED) is 0.507. The lowest BCUT2D eigenvalue weighted by Crippen LogP contribution is -2.25. The van der Waals surface area contributed by atoms with Crippen molar-refractivity contribution in [3.8, 4) is 5.75 Å². The Bertz CT molecular complexity index is 1010. The normalized spacial score (nSPS) is 11.5. The zero-order valence-electron chi connectivity index (χ0n) is 16.0. The molecule has 0 bridgehead atoms. The first-order chi connectivity index (χ1) is 14.2. The van der Waals surface area contributed by atoms with E-state index >= 15 is 0 Å². The van der Waals surface area contributed by atoms with E-state index in [4.69, 9.17) is 20.8 Å². The van der Waals surface area contributed by atoms with Gasteiger partial charge < -0.3 is 14.5 Å². The monoisotopic (exact) mass is 441 g/mol. The number of aryl methyl sites for hydroxylation is 2. The molecule has 2 aromatic heterocycles. The Labute approximate surface area is 175 Å². The molecule has 2 heterocycles. The number of furan rings is 1. The van der Waals surface area contributed by atoms with Crippen LogP contribution in [0.1, 0.15) is 34.1 Å². The van der Waals surface area contributed by atoms with Gasteiger partial charge in [0.2, 0.25) is 0 Å². The van der Waals surface area contributed by atoms with E-state index in [2.05, 4.69) is 10.4 Å². The van der Waals surface area contributed by atoms with Crippen molar-refractivity contribution in [2.24, 2.45) is 0 Å². The first-order valence-corrected chi connectivity index (χ1v) is 9.47. The predicted octanol–water partition coefficient (Wildman–Crippen LogP) is 4.86. The van der Waals surface area contributed by atoms with Crippen LogP contribution in [0.25, 0.3) is 0 Å². The zero-order valence-corrected chi connectivity index (χ0v) is 16.8. The third-order valence-corrected chi connectivity index (χ3v) is 4.40. The van der Waals surface area contributed by atoms with Gasteiger partial charge in [-0.05, 0) is 49.7 Å². The van der Waals surface area contributed by atoms with Gasteiger partial charge in [-0.25, -0.2) is 0 Å². The smallest absolute Gasteiger partial charge is 0.435 e. The van der Waals surface area contributed by atoms with Crippen molar-refractivity contribution < 1.29 is 27.1 Å². The summed E-state index contributed by atoms with van der Waals surface area (Å²) >= 11 is 5.89. The highest BCUT2D eigenvalue weighted by Gasteiger charge is 2.34. The van der Waals surface area contributed by atoms with Crippen molar-refractivity contribution in [1.29, 1.82) is 0 Å². The van der Waals surface area contributed by atoms with E-state index in [-0.39, 0.29) is 25.5 Å². The second-order valence-electron chi connectivity index (χ2n) is 6.51. The molecule has 0 fully saturated rings. The zero-order chi connectivity index (χ0) is 21.7. The van der Waals surface area contributed by atoms with Crippen molar-refractivity contribution in [3.05, 3.63) is 70.4 Å². The fraction of sp³-hybridized carbons (Fsp3) is 0.300. The number of ether oxygens (including phenoxy) is 1. The Morgan fingerprint density at radius 2 is 2.07 bits per heavy atom. The number of hydrogen-bond donors (Lipinski definition) is 1. The summed E-state index contributed by atoms with van der Waals surface area (Å²) in [5.74, 6) is 0.742. The highest BCUT2D eigenvalue weighted by Crippen LogP contribution is 2.28. The van der Waals surface area contributed by atoms with E-state index in [0.717, 1.165) is 6.07 Å². The highest BCUT2D eigenvalue weighted by atomic mass is 35.5. The number of carbonyl (C=O) groups is 1. The van der Waals surface area contributed by atoms with Crippen molar-refractivity contribution in [2.45, 2.75) is 32.7 Å². The van der Waals surface area contributed by atoms with Gasteiger partial charge in [-0.15, -0.1) is 0 Å². The number of hydrogen-bond acceptors (Lipinski definition) is 4. The summed E-state index contributed by atoms with van der Waals surface area (Å²) in [5, 5.41) is 6.76. The fourth-order valence-corrected chi connectivity index (χ4v) is 2.86. The molecule has 6 nitrogen and oxygen atoms in total. The fourth-order valence-electron chi connectivity index (χ4n) is 2.68. The lowest BCUT2D eigenvalue weighted by molar-refractivity contribution is -0.141. The van der Waals surface area contributed by atoms with Crippen LogP contribution in [0.15, 0.2) is 46.9 Å². The van der Waals surface area contributed by atoms with Crippen LogP contribution in [0, 0.1) is 6.92 Å². The Balaban J connectivity index is 1.44. The Morgan fingerprint density at radius 3 is 2.77 bits per heavy atom. The Morgan fingerprint density at radius 1 is 1.27 bits per heavy atom. The topological polar surface area (TPSA) is 69.3 Å². The minimum absolute atomic E-state index is 0.120. The molecule has 1 aromatic carbocycles. The van der Waals surface area contributed by atoms with E-state index in [9.17, 15) is 18.0 Å². The maximum atomic E-state index is 12.7. The summed E-state index contributed by atoms with van der Waals surface area (Å²) < 4.78 is 50.3. The molecule has 0 aliphatic carbocycles. The number of alkyl halides is 3. The highest BCUT2D eigenvalue weighted by molar-refractivity contribution is 6.30. The van der Waals surface area contributed by atoms with Crippen LogP contribution in [-0.4, -0.2) is 22.2 Å². The first kappa shape index (κ1) is 21.8. The Hall–Kier alpha value is -2.94. The Kier molecular flexibility index (Phi) is 6.71. The van der Waals surface area contributed by atoms with Gasteiger partial charge in [-0.1, -0.05) is 17.7 Å². The molecule has 1 amide bonds. The van der Waals surface area contributed by atoms with Crippen LogP contribution < -0.4 is 10.1 Å². The van der Waals surface area contributed by atoms with E-state index < -0.39 is 17.8 Å². The summed E-state index contributed by atoms with van der Waals surface area (Å²) in [7, 11) is 0. The van der Waals surface area contributed by atoms with Gasteiger partial charge in [0.25, 0.3) is 5.91 Å². The SMILES string of the molecule is Cc1cc(C(F)(F)F)nn1CCCNC(=O)c1ccc(COc2cccc(Cl)c2)o1. The molecule has 30 heavy (non-hydrogen) atoms. The second-order valence-corrected chi connectivity index (χ2v) is 6.95. The molecule has 0 spiro atoms. The lowest BCUT2D eigenvalue weighted by Gasteiger charge is -2.06. The van der Waals surface area contributed by atoms with Crippen LogP contribution in [0.5, 0.6) is 5.75 Å². The van der Waals surface area contributed by atoms with E-state index in [1.165, 1.54) is 10.7 Å². The van der Waals surface area contributed by atoms with E-state index in [1.807, 2.05) is 0 Å². The number of benzene rings is 1. The minimum Gasteiger partial charge on any atom is -0.486 e. The van der Waals surface area contributed by atoms with Gasteiger partial charge in [-0.3, -0.25) is 9.48 Å². The molecule has 160 valence electrons. The van der Waals surface area contributed by atoms with E-state index in [1.54, 1.807) is 37.3 Å². The average Bonchev–Trinajstić information content (AvgIpc) is 3.30. The second kappa shape index (κ2) is 9.25. The molecule has 0 unspecified atom stereocenters. The van der Waals surface area contributed by atoms with Gasteiger partial charge in [0.15, 0.2) is 11.5 Å². The molecule has 0 saturated carbocycles. The molecule has 3 aromatic rings. The number of nitrogens with one attached hydrogen (secondary N) is 1. The molecule has 3 rings (SSSR count). The third-order valence-electron chi connectivity index (χ3n) is 4.17. The van der Waals surface area contributed by atoms with Crippen LogP contribution in [0.2, 0.25) is 5.02 Å². The number of aromatic nitrogens is 2. The maximum absolute atomic E-state index is 12.7. The van der Waals surface area contributed by atoms with Gasteiger partial charge >= 0.3 is 6.18 Å². The molecule has 0 atom stereocenters. The lowest BCUT2D eigenvalue weighted by atomic mass is 10.3.